The fourth-order valence-electron chi connectivity index (χ4n) is 3.24. The molecule has 2 fully saturated rings. The Balaban J connectivity index is 1.84. The SMILES string of the molecule is CC1CNC2(CCCCC2)CN1CCSC(F)(F)F. The Labute approximate surface area is 117 Å². The first kappa shape index (κ1) is 15.4. The Kier molecular flexibility index (Phi) is 5.06. The minimum atomic E-state index is -4.10. The number of halogens is 3. The van der Waals surface area contributed by atoms with Gasteiger partial charge in [-0.05, 0) is 31.5 Å². The fourth-order valence-corrected chi connectivity index (χ4v) is 3.79. The molecule has 2 aliphatic rings. The third kappa shape index (κ3) is 4.53. The van der Waals surface area contributed by atoms with E-state index in [-0.39, 0.29) is 23.1 Å². The predicted octanol–water partition coefficient (Wildman–Crippen LogP) is 3.24. The Morgan fingerprint density at radius 3 is 2.58 bits per heavy atom. The van der Waals surface area contributed by atoms with Crippen LogP contribution in [0.4, 0.5) is 13.2 Å². The molecule has 1 heterocycles. The monoisotopic (exact) mass is 296 g/mol. The summed E-state index contributed by atoms with van der Waals surface area (Å²) in [4.78, 5) is 2.24. The molecule has 0 aromatic rings. The largest absolute Gasteiger partial charge is 0.441 e. The minimum Gasteiger partial charge on any atom is -0.308 e. The smallest absolute Gasteiger partial charge is 0.308 e. The summed E-state index contributed by atoms with van der Waals surface area (Å²) in [7, 11) is 0. The lowest BCUT2D eigenvalue weighted by Crippen LogP contribution is -2.64. The maximum atomic E-state index is 12.2. The van der Waals surface area contributed by atoms with E-state index in [0.29, 0.717) is 12.6 Å². The van der Waals surface area contributed by atoms with Gasteiger partial charge >= 0.3 is 5.51 Å². The summed E-state index contributed by atoms with van der Waals surface area (Å²) in [6, 6.07) is 0.335. The van der Waals surface area contributed by atoms with E-state index in [4.69, 9.17) is 0 Å². The van der Waals surface area contributed by atoms with Crippen LogP contribution in [0.5, 0.6) is 0 Å². The molecule has 1 N–H and O–H groups in total. The summed E-state index contributed by atoms with van der Waals surface area (Å²) in [5.41, 5.74) is -3.92. The number of rotatable bonds is 3. The highest BCUT2D eigenvalue weighted by Gasteiger charge is 2.38. The fraction of sp³-hybridized carbons (Fsp3) is 1.00. The van der Waals surface area contributed by atoms with E-state index in [1.54, 1.807) is 0 Å². The van der Waals surface area contributed by atoms with Gasteiger partial charge in [0.15, 0.2) is 0 Å². The topological polar surface area (TPSA) is 15.3 Å². The van der Waals surface area contributed by atoms with E-state index in [9.17, 15) is 13.2 Å². The molecule has 0 aromatic carbocycles. The van der Waals surface area contributed by atoms with Crippen molar-refractivity contribution in [3.8, 4) is 0 Å². The van der Waals surface area contributed by atoms with Crippen molar-refractivity contribution in [3.05, 3.63) is 0 Å². The van der Waals surface area contributed by atoms with Gasteiger partial charge in [0.25, 0.3) is 0 Å². The lowest BCUT2D eigenvalue weighted by molar-refractivity contribution is -0.0330. The zero-order valence-corrected chi connectivity index (χ0v) is 12.2. The van der Waals surface area contributed by atoms with Gasteiger partial charge in [0.1, 0.15) is 0 Å². The molecule has 0 radical (unpaired) electrons. The van der Waals surface area contributed by atoms with Crippen LogP contribution in [0.1, 0.15) is 39.0 Å². The molecular weight excluding hydrogens is 273 g/mol. The van der Waals surface area contributed by atoms with Crippen LogP contribution < -0.4 is 5.32 Å². The van der Waals surface area contributed by atoms with Crippen LogP contribution in [0.15, 0.2) is 0 Å². The van der Waals surface area contributed by atoms with E-state index >= 15 is 0 Å². The van der Waals surface area contributed by atoms with E-state index in [1.807, 2.05) is 0 Å². The van der Waals surface area contributed by atoms with Crippen LogP contribution in [-0.2, 0) is 0 Å². The number of hydrogen-bond donors (Lipinski definition) is 1. The summed E-state index contributed by atoms with van der Waals surface area (Å²) in [6.07, 6.45) is 6.12. The van der Waals surface area contributed by atoms with Crippen molar-refractivity contribution in [1.29, 1.82) is 0 Å². The van der Waals surface area contributed by atoms with Crippen LogP contribution in [0.3, 0.4) is 0 Å². The van der Waals surface area contributed by atoms with Gasteiger partial charge in [-0.25, -0.2) is 0 Å². The van der Waals surface area contributed by atoms with E-state index in [1.165, 1.54) is 32.1 Å². The Hall–Kier alpha value is 0.0600. The zero-order chi connectivity index (χ0) is 13.9. The second-order valence-electron chi connectivity index (χ2n) is 5.84. The normalized spacial score (nSPS) is 28.7. The number of nitrogens with zero attached hydrogens (tertiary/aromatic N) is 1. The van der Waals surface area contributed by atoms with E-state index in [0.717, 1.165) is 13.1 Å². The van der Waals surface area contributed by atoms with Crippen molar-refractivity contribution >= 4 is 11.8 Å². The standard InChI is InChI=1S/C13H23F3N2S/c1-11-9-17-12(5-3-2-4-6-12)10-18(11)7-8-19-13(14,15)16/h11,17H,2-10H2,1H3. The van der Waals surface area contributed by atoms with Crippen molar-refractivity contribution in [2.45, 2.75) is 56.1 Å². The van der Waals surface area contributed by atoms with E-state index < -0.39 is 5.51 Å². The van der Waals surface area contributed by atoms with Crippen molar-refractivity contribution in [2.75, 3.05) is 25.4 Å². The molecule has 1 unspecified atom stereocenters. The highest BCUT2D eigenvalue weighted by atomic mass is 32.2. The highest BCUT2D eigenvalue weighted by molar-refractivity contribution is 8.00. The first-order chi connectivity index (χ1) is 8.90. The predicted molar refractivity (Wildman–Crippen MR) is 73.4 cm³/mol. The molecule has 0 aromatic heterocycles. The molecule has 1 aliphatic heterocycles. The zero-order valence-electron chi connectivity index (χ0n) is 11.4. The van der Waals surface area contributed by atoms with Gasteiger partial charge in [0.05, 0.1) is 0 Å². The van der Waals surface area contributed by atoms with Crippen molar-refractivity contribution in [3.63, 3.8) is 0 Å². The highest BCUT2D eigenvalue weighted by Crippen LogP contribution is 2.33. The average Bonchev–Trinajstić information content (AvgIpc) is 2.34. The van der Waals surface area contributed by atoms with Gasteiger partial charge in [-0.15, -0.1) is 0 Å². The van der Waals surface area contributed by atoms with Crippen LogP contribution in [0.2, 0.25) is 0 Å². The Morgan fingerprint density at radius 1 is 1.26 bits per heavy atom. The molecule has 0 bridgehead atoms. The van der Waals surface area contributed by atoms with Crippen molar-refractivity contribution < 1.29 is 13.2 Å². The maximum Gasteiger partial charge on any atom is 0.441 e. The molecule has 1 aliphatic carbocycles. The van der Waals surface area contributed by atoms with Crippen LogP contribution in [-0.4, -0.2) is 47.4 Å². The van der Waals surface area contributed by atoms with Crippen LogP contribution in [0, 0.1) is 0 Å². The molecule has 1 atom stereocenters. The van der Waals surface area contributed by atoms with Gasteiger partial charge in [0.2, 0.25) is 0 Å². The summed E-state index contributed by atoms with van der Waals surface area (Å²) in [5.74, 6) is 0.143. The van der Waals surface area contributed by atoms with Gasteiger partial charge in [-0.2, -0.15) is 13.2 Å². The van der Waals surface area contributed by atoms with Crippen LogP contribution in [0.25, 0.3) is 0 Å². The third-order valence-electron chi connectivity index (χ3n) is 4.36. The summed E-state index contributed by atoms with van der Waals surface area (Å²) >= 11 is 0.102. The number of alkyl halides is 3. The van der Waals surface area contributed by atoms with Gasteiger partial charge in [-0.3, -0.25) is 4.90 Å². The van der Waals surface area contributed by atoms with Gasteiger partial charge in [0, 0.05) is 37.0 Å². The minimum absolute atomic E-state index is 0.102. The second kappa shape index (κ2) is 6.22. The molecule has 1 saturated heterocycles. The van der Waals surface area contributed by atoms with E-state index in [2.05, 4.69) is 17.1 Å². The molecule has 1 spiro atoms. The molecule has 2 nitrogen and oxygen atoms in total. The molecule has 6 heteroatoms. The lowest BCUT2D eigenvalue weighted by atomic mass is 9.79. The van der Waals surface area contributed by atoms with Gasteiger partial charge < -0.3 is 5.32 Å². The molecule has 112 valence electrons. The molecule has 2 rings (SSSR count). The Morgan fingerprint density at radius 2 is 1.95 bits per heavy atom. The summed E-state index contributed by atoms with van der Waals surface area (Å²) in [6.45, 7) is 4.44. The average molecular weight is 296 g/mol. The summed E-state index contributed by atoms with van der Waals surface area (Å²) in [5, 5.41) is 3.65. The first-order valence-corrected chi connectivity index (χ1v) is 8.09. The first-order valence-electron chi connectivity index (χ1n) is 7.10. The number of hydrogen-bond acceptors (Lipinski definition) is 3. The van der Waals surface area contributed by atoms with Crippen LogP contribution >= 0.6 is 11.8 Å². The molecular formula is C13H23F3N2S. The third-order valence-corrected chi connectivity index (χ3v) is 5.07. The number of thioether (sulfide) groups is 1. The van der Waals surface area contributed by atoms with Crippen molar-refractivity contribution in [1.82, 2.24) is 10.2 Å². The molecule has 0 amide bonds. The quantitative estimate of drug-likeness (QED) is 0.861. The maximum absolute atomic E-state index is 12.2. The van der Waals surface area contributed by atoms with Crippen molar-refractivity contribution in [2.24, 2.45) is 0 Å². The molecule has 1 saturated carbocycles. The number of piperazine rings is 1. The lowest BCUT2D eigenvalue weighted by Gasteiger charge is -2.49. The second-order valence-corrected chi connectivity index (χ2v) is 7.00. The summed E-state index contributed by atoms with van der Waals surface area (Å²) < 4.78 is 36.6. The Bertz CT molecular complexity index is 290. The van der Waals surface area contributed by atoms with Gasteiger partial charge in [-0.1, -0.05) is 19.3 Å². The number of nitrogens with one attached hydrogen (secondary N) is 1. The molecule has 19 heavy (non-hydrogen) atoms.